The van der Waals surface area contributed by atoms with Crippen LogP contribution >= 0.6 is 11.6 Å². The van der Waals surface area contributed by atoms with Crippen molar-refractivity contribution in [3.05, 3.63) is 29.3 Å². The third-order valence-corrected chi connectivity index (χ3v) is 5.28. The van der Waals surface area contributed by atoms with Crippen LogP contribution in [0.5, 0.6) is 0 Å². The fourth-order valence-electron chi connectivity index (χ4n) is 3.63. The first-order valence-corrected chi connectivity index (χ1v) is 9.49. The van der Waals surface area contributed by atoms with Gasteiger partial charge in [0.15, 0.2) is 0 Å². The molecule has 0 saturated carbocycles. The zero-order chi connectivity index (χ0) is 18.7. The first-order valence-electron chi connectivity index (χ1n) is 9.12. The maximum Gasteiger partial charge on any atom is 0.228 e. The van der Waals surface area contributed by atoms with Crippen LogP contribution < -0.4 is 10.2 Å². The number of hydrogen-bond acceptors (Lipinski definition) is 3. The number of hydrogen-bond donors (Lipinski definition) is 1. The van der Waals surface area contributed by atoms with Gasteiger partial charge in [0.05, 0.1) is 5.92 Å². The zero-order valence-electron chi connectivity index (χ0n) is 14.9. The Labute approximate surface area is 158 Å². The summed E-state index contributed by atoms with van der Waals surface area (Å²) in [5.41, 5.74) is 0.765. The van der Waals surface area contributed by atoms with E-state index in [0.717, 1.165) is 18.5 Å². The van der Waals surface area contributed by atoms with Gasteiger partial charge in [-0.15, -0.1) is 0 Å². The van der Waals surface area contributed by atoms with Gasteiger partial charge in [-0.1, -0.05) is 18.5 Å². The molecule has 2 heterocycles. The van der Waals surface area contributed by atoms with Gasteiger partial charge in [0.25, 0.3) is 0 Å². The highest BCUT2D eigenvalue weighted by molar-refractivity contribution is 6.30. The maximum absolute atomic E-state index is 12.9. The molecule has 2 aliphatic rings. The van der Waals surface area contributed by atoms with Crippen molar-refractivity contribution in [2.24, 2.45) is 5.92 Å². The number of carbonyl (C=O) groups excluding carboxylic acids is 3. The van der Waals surface area contributed by atoms with Gasteiger partial charge in [0.1, 0.15) is 0 Å². The fourth-order valence-corrected chi connectivity index (χ4v) is 3.75. The number of likely N-dealkylation sites (tertiary alicyclic amines) is 1. The van der Waals surface area contributed by atoms with Crippen molar-refractivity contribution in [3.63, 3.8) is 0 Å². The van der Waals surface area contributed by atoms with Crippen molar-refractivity contribution in [2.75, 3.05) is 24.5 Å². The molecule has 0 spiro atoms. The van der Waals surface area contributed by atoms with Crippen molar-refractivity contribution in [1.82, 2.24) is 10.2 Å². The van der Waals surface area contributed by atoms with Crippen molar-refractivity contribution >= 4 is 35.0 Å². The van der Waals surface area contributed by atoms with Crippen LogP contribution in [0.4, 0.5) is 5.69 Å². The number of halogens is 1. The van der Waals surface area contributed by atoms with Gasteiger partial charge in [-0.3, -0.25) is 14.4 Å². The summed E-state index contributed by atoms with van der Waals surface area (Å²) in [6.07, 6.45) is 2.42. The number of benzene rings is 1. The van der Waals surface area contributed by atoms with Crippen molar-refractivity contribution in [2.45, 2.75) is 38.6 Å². The summed E-state index contributed by atoms with van der Waals surface area (Å²) in [7, 11) is 0. The van der Waals surface area contributed by atoms with E-state index in [1.165, 1.54) is 0 Å². The predicted octanol–water partition coefficient (Wildman–Crippen LogP) is 2.21. The van der Waals surface area contributed by atoms with Gasteiger partial charge in [-0.05, 0) is 37.1 Å². The molecule has 2 atom stereocenters. The summed E-state index contributed by atoms with van der Waals surface area (Å²) in [6.45, 7) is 3.41. The van der Waals surface area contributed by atoms with Gasteiger partial charge in [0.2, 0.25) is 17.7 Å². The molecule has 2 saturated heterocycles. The molecule has 26 heavy (non-hydrogen) atoms. The SMILES string of the molecule is CCC(=O)NC1CCCN(C(=O)C2CC(=O)N(c3ccc(Cl)cc3)C2)C1. The maximum atomic E-state index is 12.9. The van der Waals surface area contributed by atoms with E-state index in [-0.39, 0.29) is 36.1 Å². The van der Waals surface area contributed by atoms with Crippen LogP contribution in [0.2, 0.25) is 5.02 Å². The first-order chi connectivity index (χ1) is 12.5. The molecular weight excluding hydrogens is 354 g/mol. The number of anilines is 1. The second-order valence-electron chi connectivity index (χ2n) is 6.93. The summed E-state index contributed by atoms with van der Waals surface area (Å²) in [5, 5.41) is 3.58. The smallest absolute Gasteiger partial charge is 0.228 e. The van der Waals surface area contributed by atoms with Crippen LogP contribution in [0.15, 0.2) is 24.3 Å². The molecular formula is C19H24ClN3O3. The zero-order valence-corrected chi connectivity index (χ0v) is 15.7. The third-order valence-electron chi connectivity index (χ3n) is 5.03. The Morgan fingerprint density at radius 3 is 2.65 bits per heavy atom. The number of amides is 3. The molecule has 6 nitrogen and oxygen atoms in total. The first kappa shape index (κ1) is 18.7. The molecule has 1 aromatic carbocycles. The molecule has 0 aliphatic carbocycles. The minimum atomic E-state index is -0.334. The summed E-state index contributed by atoms with van der Waals surface area (Å²) in [6, 6.07) is 7.08. The van der Waals surface area contributed by atoms with Crippen LogP contribution in [-0.2, 0) is 14.4 Å². The number of rotatable bonds is 4. The van der Waals surface area contributed by atoms with E-state index < -0.39 is 0 Å². The molecule has 3 amide bonds. The average molecular weight is 378 g/mol. The fraction of sp³-hybridized carbons (Fsp3) is 0.526. The Balaban J connectivity index is 1.62. The Morgan fingerprint density at radius 2 is 1.96 bits per heavy atom. The number of nitrogens with one attached hydrogen (secondary N) is 1. The standard InChI is InChI=1S/C19H24ClN3O3/c1-2-17(24)21-15-4-3-9-22(12-15)19(26)13-10-18(25)23(11-13)16-7-5-14(20)6-8-16/h5-8,13,15H,2-4,9-12H2,1H3,(H,21,24). The summed E-state index contributed by atoms with van der Waals surface area (Å²) < 4.78 is 0. The van der Waals surface area contributed by atoms with E-state index in [4.69, 9.17) is 11.6 Å². The molecule has 0 aromatic heterocycles. The van der Waals surface area contributed by atoms with Crippen LogP contribution in [0.25, 0.3) is 0 Å². The van der Waals surface area contributed by atoms with Gasteiger partial charge in [0, 0.05) is 49.2 Å². The van der Waals surface area contributed by atoms with E-state index in [2.05, 4.69) is 5.32 Å². The van der Waals surface area contributed by atoms with Crippen LogP contribution in [0.3, 0.4) is 0 Å². The van der Waals surface area contributed by atoms with E-state index in [0.29, 0.717) is 31.1 Å². The molecule has 1 N–H and O–H groups in total. The van der Waals surface area contributed by atoms with Crippen molar-refractivity contribution in [1.29, 1.82) is 0 Å². The summed E-state index contributed by atoms with van der Waals surface area (Å²) in [5.74, 6) is -0.364. The summed E-state index contributed by atoms with van der Waals surface area (Å²) in [4.78, 5) is 40.3. The van der Waals surface area contributed by atoms with Crippen LogP contribution in [-0.4, -0.2) is 48.3 Å². The molecule has 1 aromatic rings. The van der Waals surface area contributed by atoms with E-state index in [1.54, 1.807) is 34.1 Å². The Bertz CT molecular complexity index is 692. The van der Waals surface area contributed by atoms with Gasteiger partial charge in [-0.2, -0.15) is 0 Å². The largest absolute Gasteiger partial charge is 0.352 e. The van der Waals surface area contributed by atoms with Crippen molar-refractivity contribution < 1.29 is 14.4 Å². The lowest BCUT2D eigenvalue weighted by molar-refractivity contribution is -0.137. The molecule has 3 rings (SSSR count). The van der Waals surface area contributed by atoms with Crippen molar-refractivity contribution in [3.8, 4) is 0 Å². The normalized spacial score (nSPS) is 23.2. The monoisotopic (exact) mass is 377 g/mol. The Hall–Kier alpha value is -2.08. The molecule has 0 bridgehead atoms. The predicted molar refractivity (Wildman–Crippen MR) is 99.9 cm³/mol. The number of carbonyl (C=O) groups is 3. The Morgan fingerprint density at radius 1 is 1.23 bits per heavy atom. The van der Waals surface area contributed by atoms with E-state index in [9.17, 15) is 14.4 Å². The minimum absolute atomic E-state index is 0.00428. The van der Waals surface area contributed by atoms with Crippen LogP contribution in [0.1, 0.15) is 32.6 Å². The lowest BCUT2D eigenvalue weighted by Gasteiger charge is -2.34. The summed E-state index contributed by atoms with van der Waals surface area (Å²) >= 11 is 5.90. The Kier molecular flexibility index (Phi) is 5.81. The van der Waals surface area contributed by atoms with Gasteiger partial charge in [-0.25, -0.2) is 0 Å². The molecule has 2 unspecified atom stereocenters. The lowest BCUT2D eigenvalue weighted by atomic mass is 10.0. The molecule has 2 fully saturated rings. The molecule has 140 valence electrons. The molecule has 2 aliphatic heterocycles. The van der Waals surface area contributed by atoms with Crippen LogP contribution in [0, 0.1) is 5.92 Å². The van der Waals surface area contributed by atoms with E-state index >= 15 is 0 Å². The van der Waals surface area contributed by atoms with Gasteiger partial charge >= 0.3 is 0 Å². The highest BCUT2D eigenvalue weighted by Crippen LogP contribution is 2.28. The second-order valence-corrected chi connectivity index (χ2v) is 7.36. The number of nitrogens with zero attached hydrogens (tertiary/aromatic N) is 2. The highest BCUT2D eigenvalue weighted by atomic mass is 35.5. The van der Waals surface area contributed by atoms with E-state index in [1.807, 2.05) is 6.92 Å². The second kappa shape index (κ2) is 8.08. The lowest BCUT2D eigenvalue weighted by Crippen LogP contribution is -2.51. The van der Waals surface area contributed by atoms with Gasteiger partial charge < -0.3 is 15.1 Å². The minimum Gasteiger partial charge on any atom is -0.352 e. The number of piperidine rings is 1. The average Bonchev–Trinajstić information content (AvgIpc) is 3.03. The topological polar surface area (TPSA) is 69.7 Å². The molecule has 7 heteroatoms. The molecule has 0 radical (unpaired) electrons. The third kappa shape index (κ3) is 4.18. The quantitative estimate of drug-likeness (QED) is 0.874. The highest BCUT2D eigenvalue weighted by Gasteiger charge is 2.38.